The summed E-state index contributed by atoms with van der Waals surface area (Å²) in [5.74, 6) is -1.33. The molecule has 2 heterocycles. The van der Waals surface area contributed by atoms with Crippen molar-refractivity contribution in [3.63, 3.8) is 0 Å². The van der Waals surface area contributed by atoms with Crippen LogP contribution in [-0.4, -0.2) is 33.6 Å². The van der Waals surface area contributed by atoms with Gasteiger partial charge in [0.25, 0.3) is 11.8 Å². The molecule has 0 radical (unpaired) electrons. The zero-order valence-electron chi connectivity index (χ0n) is 14.5. The van der Waals surface area contributed by atoms with Crippen molar-refractivity contribution >= 4 is 34.2 Å². The fraction of sp³-hybridized carbons (Fsp3) is 0.333. The van der Waals surface area contributed by atoms with Crippen LogP contribution in [0.1, 0.15) is 54.1 Å². The SMILES string of the molecule is C[C@@H](C(=O)Nc1nc(C(C)(C)C)cs1)N1C(=O)c2ccccc2C1=O. The van der Waals surface area contributed by atoms with Crippen molar-refractivity contribution in [3.05, 3.63) is 46.5 Å². The van der Waals surface area contributed by atoms with Gasteiger partial charge in [-0.15, -0.1) is 11.3 Å². The Morgan fingerprint density at radius 3 is 2.20 bits per heavy atom. The molecule has 1 atom stereocenters. The number of aromatic nitrogens is 1. The molecule has 2 aromatic rings. The Kier molecular flexibility index (Phi) is 4.20. The van der Waals surface area contributed by atoms with Crippen molar-refractivity contribution in [3.8, 4) is 0 Å². The highest BCUT2D eigenvalue weighted by molar-refractivity contribution is 7.14. The van der Waals surface area contributed by atoms with Gasteiger partial charge in [0.2, 0.25) is 5.91 Å². The van der Waals surface area contributed by atoms with Crippen molar-refractivity contribution in [2.45, 2.75) is 39.2 Å². The molecule has 1 N–H and O–H groups in total. The van der Waals surface area contributed by atoms with Crippen LogP contribution in [0.2, 0.25) is 0 Å². The number of benzene rings is 1. The maximum Gasteiger partial charge on any atom is 0.262 e. The average Bonchev–Trinajstić information content (AvgIpc) is 3.11. The van der Waals surface area contributed by atoms with Crippen molar-refractivity contribution < 1.29 is 14.4 Å². The summed E-state index contributed by atoms with van der Waals surface area (Å²) in [5.41, 5.74) is 1.42. The molecule has 0 saturated heterocycles. The summed E-state index contributed by atoms with van der Waals surface area (Å²) in [4.78, 5) is 42.8. The first-order chi connectivity index (χ1) is 11.7. The first-order valence-electron chi connectivity index (χ1n) is 7.94. The van der Waals surface area contributed by atoms with Crippen molar-refractivity contribution in [2.24, 2.45) is 0 Å². The Hall–Kier alpha value is -2.54. The smallest absolute Gasteiger partial charge is 0.262 e. The minimum absolute atomic E-state index is 0.117. The first-order valence-corrected chi connectivity index (χ1v) is 8.82. The van der Waals surface area contributed by atoms with Gasteiger partial charge in [0, 0.05) is 10.8 Å². The van der Waals surface area contributed by atoms with Crippen LogP contribution in [0.4, 0.5) is 5.13 Å². The Labute approximate surface area is 149 Å². The molecule has 1 aliphatic rings. The zero-order valence-corrected chi connectivity index (χ0v) is 15.3. The van der Waals surface area contributed by atoms with E-state index in [4.69, 9.17) is 0 Å². The predicted octanol–water partition coefficient (Wildman–Crippen LogP) is 3.06. The van der Waals surface area contributed by atoms with E-state index in [0.717, 1.165) is 10.6 Å². The monoisotopic (exact) mass is 357 g/mol. The molecule has 3 rings (SSSR count). The van der Waals surface area contributed by atoms with E-state index in [9.17, 15) is 14.4 Å². The molecular weight excluding hydrogens is 338 g/mol. The molecule has 7 heteroatoms. The largest absolute Gasteiger partial charge is 0.300 e. The molecule has 0 unspecified atom stereocenters. The van der Waals surface area contributed by atoms with Gasteiger partial charge >= 0.3 is 0 Å². The fourth-order valence-corrected chi connectivity index (χ4v) is 3.50. The highest BCUT2D eigenvalue weighted by Crippen LogP contribution is 2.28. The summed E-state index contributed by atoms with van der Waals surface area (Å²) in [6, 6.07) is 5.66. The molecule has 1 aromatic carbocycles. The standard InChI is InChI=1S/C18H19N3O3S/c1-10(14(22)20-17-19-13(9-25-17)18(2,3)4)21-15(23)11-7-5-6-8-12(11)16(21)24/h5-10H,1-4H3,(H,19,20,22)/t10-/m0/s1. The van der Waals surface area contributed by atoms with Crippen LogP contribution in [0, 0.1) is 0 Å². The van der Waals surface area contributed by atoms with Crippen LogP contribution < -0.4 is 5.32 Å². The molecule has 0 aliphatic carbocycles. The van der Waals surface area contributed by atoms with Gasteiger partial charge in [-0.2, -0.15) is 0 Å². The van der Waals surface area contributed by atoms with E-state index in [1.54, 1.807) is 24.3 Å². The van der Waals surface area contributed by atoms with Gasteiger partial charge in [-0.1, -0.05) is 32.9 Å². The number of carbonyl (C=O) groups excluding carboxylic acids is 3. The molecule has 0 bridgehead atoms. The van der Waals surface area contributed by atoms with E-state index < -0.39 is 23.8 Å². The molecule has 0 spiro atoms. The van der Waals surface area contributed by atoms with E-state index in [-0.39, 0.29) is 5.41 Å². The highest BCUT2D eigenvalue weighted by Gasteiger charge is 2.40. The number of fused-ring (bicyclic) bond motifs is 1. The van der Waals surface area contributed by atoms with Crippen LogP contribution in [0.3, 0.4) is 0 Å². The van der Waals surface area contributed by atoms with Gasteiger partial charge in [-0.25, -0.2) is 4.98 Å². The number of imide groups is 1. The predicted molar refractivity (Wildman–Crippen MR) is 95.8 cm³/mol. The highest BCUT2D eigenvalue weighted by atomic mass is 32.1. The maximum absolute atomic E-state index is 12.5. The summed E-state index contributed by atoms with van der Waals surface area (Å²) in [7, 11) is 0. The van der Waals surface area contributed by atoms with Crippen molar-refractivity contribution in [2.75, 3.05) is 5.32 Å². The second-order valence-electron chi connectivity index (χ2n) is 6.98. The number of amides is 3. The van der Waals surface area contributed by atoms with Crippen LogP contribution in [0.5, 0.6) is 0 Å². The first kappa shape index (κ1) is 17.3. The number of nitrogens with zero attached hydrogens (tertiary/aromatic N) is 2. The van der Waals surface area contributed by atoms with E-state index in [0.29, 0.717) is 16.3 Å². The number of hydrogen-bond donors (Lipinski definition) is 1. The number of nitrogens with one attached hydrogen (secondary N) is 1. The Bertz CT molecular complexity index is 831. The average molecular weight is 357 g/mol. The van der Waals surface area contributed by atoms with E-state index in [1.807, 2.05) is 26.2 Å². The van der Waals surface area contributed by atoms with Crippen LogP contribution in [-0.2, 0) is 10.2 Å². The molecule has 0 fully saturated rings. The normalized spacial score (nSPS) is 15.3. The number of anilines is 1. The third-order valence-electron chi connectivity index (χ3n) is 4.09. The summed E-state index contributed by atoms with van der Waals surface area (Å²) < 4.78 is 0. The second-order valence-corrected chi connectivity index (χ2v) is 7.84. The molecule has 25 heavy (non-hydrogen) atoms. The number of thiazole rings is 1. The van der Waals surface area contributed by atoms with E-state index >= 15 is 0 Å². The maximum atomic E-state index is 12.5. The molecule has 1 aromatic heterocycles. The van der Waals surface area contributed by atoms with E-state index in [2.05, 4.69) is 10.3 Å². The number of carbonyl (C=O) groups is 3. The molecule has 3 amide bonds. The second kappa shape index (κ2) is 6.07. The van der Waals surface area contributed by atoms with Crippen LogP contribution in [0.15, 0.2) is 29.6 Å². The lowest BCUT2D eigenvalue weighted by molar-refractivity contribution is -0.119. The lowest BCUT2D eigenvalue weighted by Gasteiger charge is -2.21. The molecule has 6 nitrogen and oxygen atoms in total. The third-order valence-corrected chi connectivity index (χ3v) is 4.85. The summed E-state index contributed by atoms with van der Waals surface area (Å²) >= 11 is 1.32. The van der Waals surface area contributed by atoms with Gasteiger partial charge in [0.15, 0.2) is 5.13 Å². The Balaban J connectivity index is 1.77. The molecule has 1 aliphatic heterocycles. The Morgan fingerprint density at radius 2 is 1.72 bits per heavy atom. The zero-order chi connectivity index (χ0) is 18.4. The Morgan fingerprint density at radius 1 is 1.16 bits per heavy atom. The minimum Gasteiger partial charge on any atom is -0.300 e. The van der Waals surface area contributed by atoms with Crippen molar-refractivity contribution in [1.29, 1.82) is 0 Å². The molecule has 0 saturated carbocycles. The van der Waals surface area contributed by atoms with Gasteiger partial charge < -0.3 is 5.32 Å². The lowest BCUT2D eigenvalue weighted by Crippen LogP contribution is -2.45. The summed E-state index contributed by atoms with van der Waals surface area (Å²) in [5, 5.41) is 5.05. The lowest BCUT2D eigenvalue weighted by atomic mass is 9.93. The van der Waals surface area contributed by atoms with Gasteiger partial charge in [-0.05, 0) is 19.1 Å². The number of rotatable bonds is 3. The quantitative estimate of drug-likeness (QED) is 0.856. The van der Waals surface area contributed by atoms with Crippen LogP contribution in [0.25, 0.3) is 0 Å². The summed E-state index contributed by atoms with van der Waals surface area (Å²) in [6.07, 6.45) is 0. The topological polar surface area (TPSA) is 79.4 Å². The van der Waals surface area contributed by atoms with Gasteiger partial charge in [0.05, 0.1) is 16.8 Å². The van der Waals surface area contributed by atoms with Gasteiger partial charge in [0.1, 0.15) is 6.04 Å². The third kappa shape index (κ3) is 3.07. The molecule has 130 valence electrons. The molecular formula is C18H19N3O3S. The van der Waals surface area contributed by atoms with Crippen LogP contribution >= 0.6 is 11.3 Å². The minimum atomic E-state index is -0.922. The van der Waals surface area contributed by atoms with Crippen molar-refractivity contribution in [1.82, 2.24) is 9.88 Å². The van der Waals surface area contributed by atoms with Gasteiger partial charge in [-0.3, -0.25) is 19.3 Å². The number of hydrogen-bond acceptors (Lipinski definition) is 5. The summed E-state index contributed by atoms with van der Waals surface area (Å²) in [6.45, 7) is 7.65. The fourth-order valence-electron chi connectivity index (χ4n) is 2.56. The van der Waals surface area contributed by atoms with E-state index in [1.165, 1.54) is 18.3 Å².